The Morgan fingerprint density at radius 1 is 1.15 bits per heavy atom. The fourth-order valence-corrected chi connectivity index (χ4v) is 4.52. The van der Waals surface area contributed by atoms with Crippen molar-refractivity contribution < 1.29 is 8.42 Å². The fourth-order valence-electron chi connectivity index (χ4n) is 3.23. The van der Waals surface area contributed by atoms with E-state index in [1.807, 2.05) is 4.90 Å². The van der Waals surface area contributed by atoms with Gasteiger partial charge in [0.1, 0.15) is 0 Å². The summed E-state index contributed by atoms with van der Waals surface area (Å²) in [5, 5.41) is 0. The Hall–Kier alpha value is -2.92. The van der Waals surface area contributed by atoms with Crippen LogP contribution in [0.2, 0.25) is 0 Å². The van der Waals surface area contributed by atoms with Gasteiger partial charge in [0.25, 0.3) is 5.56 Å². The largest absolute Gasteiger partial charge is 0.341 e. The third-order valence-corrected chi connectivity index (χ3v) is 5.98. The average Bonchev–Trinajstić information content (AvgIpc) is 3.18. The Morgan fingerprint density at radius 2 is 1.93 bits per heavy atom. The van der Waals surface area contributed by atoms with Crippen molar-refractivity contribution in [3.05, 3.63) is 50.8 Å². The van der Waals surface area contributed by atoms with Crippen LogP contribution in [0.4, 0.5) is 5.95 Å². The van der Waals surface area contributed by atoms with Crippen molar-refractivity contribution in [2.24, 2.45) is 0 Å². The highest BCUT2D eigenvalue weighted by molar-refractivity contribution is 7.89. The number of aromatic nitrogens is 4. The van der Waals surface area contributed by atoms with Gasteiger partial charge in [0.05, 0.1) is 15.9 Å². The number of benzene rings is 1. The second kappa shape index (κ2) is 6.35. The minimum Gasteiger partial charge on any atom is -0.341 e. The molecule has 11 heteroatoms. The van der Waals surface area contributed by atoms with Gasteiger partial charge in [0.15, 0.2) is 0 Å². The number of sulfonamides is 1. The highest BCUT2D eigenvalue weighted by Crippen LogP contribution is 2.19. The van der Waals surface area contributed by atoms with Gasteiger partial charge in [-0.2, -0.15) is 0 Å². The van der Waals surface area contributed by atoms with E-state index in [9.17, 15) is 18.0 Å². The lowest BCUT2D eigenvalue weighted by molar-refractivity contribution is 0.561. The van der Waals surface area contributed by atoms with E-state index in [0.29, 0.717) is 42.2 Å². The standard InChI is InChI=1S/C16H18N6O4S/c1-9-6-14(23)20-15(17-9)22-5-4-10(8-22)21-27(25,26)11-2-3-12-13(7-11)19-16(24)18-12/h2-3,6-7,10,21H,4-5,8H2,1H3,(H,17,20,23)(H2,18,19,24). The summed E-state index contributed by atoms with van der Waals surface area (Å²) in [5.41, 5.74) is 0.943. The van der Waals surface area contributed by atoms with E-state index in [2.05, 4.69) is 24.7 Å². The van der Waals surface area contributed by atoms with Gasteiger partial charge in [-0.05, 0) is 31.5 Å². The first-order valence-electron chi connectivity index (χ1n) is 8.37. The molecule has 1 aliphatic heterocycles. The van der Waals surface area contributed by atoms with Crippen molar-refractivity contribution in [3.63, 3.8) is 0 Å². The summed E-state index contributed by atoms with van der Waals surface area (Å²) >= 11 is 0. The SMILES string of the molecule is Cc1cc(=O)[nH]c(N2CCC(NS(=O)(=O)c3ccc4[nH]c(=O)[nH]c4c3)C2)n1. The van der Waals surface area contributed by atoms with E-state index in [1.54, 1.807) is 13.0 Å². The lowest BCUT2D eigenvalue weighted by Gasteiger charge is -2.17. The van der Waals surface area contributed by atoms with E-state index >= 15 is 0 Å². The van der Waals surface area contributed by atoms with E-state index < -0.39 is 15.7 Å². The predicted octanol–water partition coefficient (Wildman–Crippen LogP) is -0.195. The highest BCUT2D eigenvalue weighted by atomic mass is 32.2. The van der Waals surface area contributed by atoms with Gasteiger partial charge in [-0.15, -0.1) is 0 Å². The molecule has 1 aliphatic rings. The topological polar surface area (TPSA) is 144 Å². The number of H-pyrrole nitrogens is 3. The molecule has 1 saturated heterocycles. The molecule has 1 fully saturated rings. The van der Waals surface area contributed by atoms with Crippen LogP contribution in [-0.2, 0) is 10.0 Å². The molecule has 1 aromatic carbocycles. The number of nitrogens with one attached hydrogen (secondary N) is 4. The Bertz CT molecular complexity index is 1230. The molecule has 3 heterocycles. The van der Waals surface area contributed by atoms with Gasteiger partial charge >= 0.3 is 5.69 Å². The van der Waals surface area contributed by atoms with Crippen LogP contribution in [0.5, 0.6) is 0 Å². The van der Waals surface area contributed by atoms with Crippen LogP contribution in [0.15, 0.2) is 38.8 Å². The molecule has 1 atom stereocenters. The third-order valence-electron chi connectivity index (χ3n) is 4.46. The predicted molar refractivity (Wildman–Crippen MR) is 99.5 cm³/mol. The van der Waals surface area contributed by atoms with Gasteiger partial charge in [-0.25, -0.2) is 22.9 Å². The molecule has 4 rings (SSSR count). The molecule has 1 unspecified atom stereocenters. The number of rotatable bonds is 4. The number of aromatic amines is 3. The average molecular weight is 390 g/mol. The molecule has 142 valence electrons. The fraction of sp³-hybridized carbons (Fsp3) is 0.312. The second-order valence-corrected chi connectivity index (χ2v) is 8.26. The Morgan fingerprint density at radius 3 is 2.70 bits per heavy atom. The summed E-state index contributed by atoms with van der Waals surface area (Å²) in [5.74, 6) is 0.438. The molecule has 0 amide bonds. The van der Waals surface area contributed by atoms with Crippen LogP contribution in [0.3, 0.4) is 0 Å². The van der Waals surface area contributed by atoms with Crippen LogP contribution in [0, 0.1) is 6.92 Å². The number of imidazole rings is 1. The maximum atomic E-state index is 12.7. The summed E-state index contributed by atoms with van der Waals surface area (Å²) in [7, 11) is -3.75. The summed E-state index contributed by atoms with van der Waals surface area (Å²) < 4.78 is 28.1. The number of nitrogens with zero attached hydrogens (tertiary/aromatic N) is 2. The van der Waals surface area contributed by atoms with Crippen molar-refractivity contribution >= 4 is 27.0 Å². The molecule has 27 heavy (non-hydrogen) atoms. The minimum atomic E-state index is -3.75. The van der Waals surface area contributed by atoms with Crippen LogP contribution < -0.4 is 20.9 Å². The molecule has 4 N–H and O–H groups in total. The molecule has 0 radical (unpaired) electrons. The quantitative estimate of drug-likeness (QED) is 0.486. The zero-order chi connectivity index (χ0) is 19.2. The Balaban J connectivity index is 1.52. The third kappa shape index (κ3) is 3.51. The zero-order valence-corrected chi connectivity index (χ0v) is 15.3. The molecule has 3 aromatic rings. The normalized spacial score (nSPS) is 17.7. The van der Waals surface area contributed by atoms with Gasteiger partial charge < -0.3 is 14.9 Å². The van der Waals surface area contributed by atoms with Gasteiger partial charge in [0.2, 0.25) is 16.0 Å². The molecular formula is C16H18N6O4S. The first kappa shape index (κ1) is 17.5. The van der Waals surface area contributed by atoms with Crippen LogP contribution in [-0.4, -0.2) is 47.5 Å². The van der Waals surface area contributed by atoms with Gasteiger partial charge in [-0.3, -0.25) is 9.78 Å². The molecule has 10 nitrogen and oxygen atoms in total. The number of anilines is 1. The van der Waals surface area contributed by atoms with Gasteiger partial charge in [-0.1, -0.05) is 0 Å². The molecule has 0 spiro atoms. The van der Waals surface area contributed by atoms with Crippen molar-refractivity contribution in [2.75, 3.05) is 18.0 Å². The first-order chi connectivity index (χ1) is 12.8. The maximum absolute atomic E-state index is 12.7. The van der Waals surface area contributed by atoms with Crippen LogP contribution >= 0.6 is 0 Å². The lowest BCUT2D eigenvalue weighted by Crippen LogP contribution is -2.37. The number of hydrogen-bond acceptors (Lipinski definition) is 6. The molecule has 0 saturated carbocycles. The lowest BCUT2D eigenvalue weighted by atomic mass is 10.3. The van der Waals surface area contributed by atoms with Crippen molar-refractivity contribution in [2.45, 2.75) is 24.3 Å². The van der Waals surface area contributed by atoms with Gasteiger partial charge in [0, 0.05) is 30.9 Å². The summed E-state index contributed by atoms with van der Waals surface area (Å²) in [4.78, 5) is 37.0. The zero-order valence-electron chi connectivity index (χ0n) is 14.4. The number of fused-ring (bicyclic) bond motifs is 1. The van der Waals surface area contributed by atoms with Crippen molar-refractivity contribution in [1.82, 2.24) is 24.7 Å². The Labute approximate surface area is 153 Å². The monoisotopic (exact) mass is 390 g/mol. The van der Waals surface area contributed by atoms with Crippen molar-refractivity contribution in [3.8, 4) is 0 Å². The van der Waals surface area contributed by atoms with E-state index in [0.717, 1.165) is 0 Å². The van der Waals surface area contributed by atoms with Crippen molar-refractivity contribution in [1.29, 1.82) is 0 Å². The molecule has 0 aliphatic carbocycles. The molecular weight excluding hydrogens is 372 g/mol. The number of hydrogen-bond donors (Lipinski definition) is 4. The second-order valence-electron chi connectivity index (χ2n) is 6.55. The van der Waals surface area contributed by atoms with Crippen LogP contribution in [0.1, 0.15) is 12.1 Å². The van der Waals surface area contributed by atoms with E-state index in [4.69, 9.17) is 0 Å². The number of aryl methyl sites for hydroxylation is 1. The minimum absolute atomic E-state index is 0.0748. The summed E-state index contributed by atoms with van der Waals surface area (Å²) in [6, 6.07) is 5.50. The molecule has 0 bridgehead atoms. The summed E-state index contributed by atoms with van der Waals surface area (Å²) in [6.07, 6.45) is 0.583. The van der Waals surface area contributed by atoms with E-state index in [-0.39, 0.29) is 16.5 Å². The molecule has 2 aromatic heterocycles. The van der Waals surface area contributed by atoms with E-state index in [1.165, 1.54) is 18.2 Å². The Kier molecular flexibility index (Phi) is 4.12. The highest BCUT2D eigenvalue weighted by Gasteiger charge is 2.28. The smallest absolute Gasteiger partial charge is 0.323 e. The maximum Gasteiger partial charge on any atom is 0.323 e. The first-order valence-corrected chi connectivity index (χ1v) is 9.86. The van der Waals surface area contributed by atoms with Crippen LogP contribution in [0.25, 0.3) is 11.0 Å². The summed E-state index contributed by atoms with van der Waals surface area (Å²) in [6.45, 7) is 2.70.